The van der Waals surface area contributed by atoms with E-state index in [1.807, 2.05) is 6.07 Å². The Kier molecular flexibility index (Phi) is 2.33. The fraction of sp³-hybridized carbons (Fsp3) is 0. The average molecular weight is 232 g/mol. The molecule has 0 spiro atoms. The highest BCUT2D eigenvalue weighted by molar-refractivity contribution is 6.50. The first-order valence-electron chi connectivity index (χ1n) is 3.57. The predicted octanol–water partition coefficient (Wildman–Crippen LogP) is 4.20. The first kappa shape index (κ1) is 9.07. The molecule has 0 N–H and O–H groups in total. The maximum absolute atomic E-state index is 5.97. The van der Waals surface area contributed by atoms with Gasteiger partial charge in [0.1, 0.15) is 0 Å². The fourth-order valence-corrected chi connectivity index (χ4v) is 1.81. The largest absolute Gasteiger partial charge is 0.264 e. The number of hydrogen-bond donors (Lipinski definition) is 0. The first-order chi connectivity index (χ1) is 6.20. The summed E-state index contributed by atoms with van der Waals surface area (Å²) in [6.45, 7) is 0. The van der Waals surface area contributed by atoms with Crippen molar-refractivity contribution in [3.05, 3.63) is 39.6 Å². The van der Waals surface area contributed by atoms with Crippen LogP contribution in [0.25, 0.3) is 10.8 Å². The minimum absolute atomic E-state index is 0.379. The lowest BCUT2D eigenvalue weighted by atomic mass is 10.2. The Labute approximate surface area is 90.2 Å². The molecule has 0 saturated heterocycles. The minimum atomic E-state index is 0.379. The van der Waals surface area contributed by atoms with Gasteiger partial charge in [-0.3, -0.25) is 4.98 Å². The maximum Gasteiger partial charge on any atom is 0.0785 e. The Morgan fingerprint density at radius 1 is 1.08 bits per heavy atom. The number of rotatable bonds is 0. The fourth-order valence-electron chi connectivity index (χ4n) is 1.14. The second-order valence-corrected chi connectivity index (χ2v) is 3.75. The Morgan fingerprint density at radius 2 is 1.85 bits per heavy atom. The molecule has 0 aliphatic heterocycles. The molecule has 2 rings (SSSR count). The Bertz CT molecular complexity index is 468. The van der Waals surface area contributed by atoms with E-state index in [-0.39, 0.29) is 0 Å². The molecule has 1 nitrogen and oxygen atoms in total. The monoisotopic (exact) mass is 231 g/mol. The van der Waals surface area contributed by atoms with Crippen LogP contribution in [-0.2, 0) is 0 Å². The van der Waals surface area contributed by atoms with Crippen molar-refractivity contribution in [1.29, 1.82) is 0 Å². The summed E-state index contributed by atoms with van der Waals surface area (Å²) >= 11 is 17.7. The molecule has 66 valence electrons. The predicted molar refractivity (Wildman–Crippen MR) is 56.8 cm³/mol. The zero-order chi connectivity index (χ0) is 9.42. The van der Waals surface area contributed by atoms with Crippen LogP contribution in [0.2, 0.25) is 15.1 Å². The highest BCUT2D eigenvalue weighted by atomic mass is 35.5. The second kappa shape index (κ2) is 3.33. The third-order valence-corrected chi connectivity index (χ3v) is 3.05. The number of pyridine rings is 1. The van der Waals surface area contributed by atoms with Gasteiger partial charge < -0.3 is 0 Å². The standard InChI is InChI=1S/C9H4Cl3N/c10-7-3-5-1-2-13-4-6(5)8(11)9(7)12/h1-4H. The molecule has 2 aromatic rings. The molecule has 0 atom stereocenters. The van der Waals surface area contributed by atoms with Crippen LogP contribution >= 0.6 is 34.8 Å². The van der Waals surface area contributed by atoms with Gasteiger partial charge in [0, 0.05) is 17.8 Å². The zero-order valence-corrected chi connectivity index (χ0v) is 8.66. The van der Waals surface area contributed by atoms with Crippen LogP contribution in [0, 0.1) is 0 Å². The van der Waals surface area contributed by atoms with Crippen molar-refractivity contribution in [2.45, 2.75) is 0 Å². The van der Waals surface area contributed by atoms with Crippen LogP contribution in [0.15, 0.2) is 24.5 Å². The van der Waals surface area contributed by atoms with Gasteiger partial charge in [0.25, 0.3) is 0 Å². The number of nitrogens with zero attached hydrogens (tertiary/aromatic N) is 1. The number of halogens is 3. The highest BCUT2D eigenvalue weighted by Crippen LogP contribution is 2.35. The van der Waals surface area contributed by atoms with Crippen molar-refractivity contribution < 1.29 is 0 Å². The van der Waals surface area contributed by atoms with E-state index in [0.717, 1.165) is 10.8 Å². The number of fused-ring (bicyclic) bond motifs is 1. The lowest BCUT2D eigenvalue weighted by Crippen LogP contribution is -1.79. The van der Waals surface area contributed by atoms with Gasteiger partial charge in [0.15, 0.2) is 0 Å². The van der Waals surface area contributed by atoms with Crippen molar-refractivity contribution in [3.63, 3.8) is 0 Å². The zero-order valence-electron chi connectivity index (χ0n) is 6.39. The van der Waals surface area contributed by atoms with Gasteiger partial charge in [-0.05, 0) is 17.5 Å². The molecule has 0 radical (unpaired) electrons. The SMILES string of the molecule is Clc1cc2ccncc2c(Cl)c1Cl. The maximum atomic E-state index is 5.97. The van der Waals surface area contributed by atoms with Crippen molar-refractivity contribution in [1.82, 2.24) is 4.98 Å². The molecule has 4 heteroatoms. The summed E-state index contributed by atoms with van der Waals surface area (Å²) in [5.41, 5.74) is 0. The summed E-state index contributed by atoms with van der Waals surface area (Å²) in [6, 6.07) is 3.61. The van der Waals surface area contributed by atoms with E-state index in [4.69, 9.17) is 34.8 Å². The van der Waals surface area contributed by atoms with E-state index in [9.17, 15) is 0 Å². The van der Waals surface area contributed by atoms with Crippen LogP contribution in [-0.4, -0.2) is 4.98 Å². The van der Waals surface area contributed by atoms with Gasteiger partial charge >= 0.3 is 0 Å². The lowest BCUT2D eigenvalue weighted by molar-refractivity contribution is 1.36. The van der Waals surface area contributed by atoms with E-state index >= 15 is 0 Å². The normalized spacial score (nSPS) is 10.7. The van der Waals surface area contributed by atoms with Gasteiger partial charge in [-0.15, -0.1) is 0 Å². The molecular weight excluding hydrogens is 228 g/mol. The van der Waals surface area contributed by atoms with Crippen LogP contribution in [0.5, 0.6) is 0 Å². The summed E-state index contributed by atoms with van der Waals surface area (Å²) in [6.07, 6.45) is 3.35. The average Bonchev–Trinajstić information content (AvgIpc) is 2.15. The summed E-state index contributed by atoms with van der Waals surface area (Å²) < 4.78 is 0. The first-order valence-corrected chi connectivity index (χ1v) is 4.71. The quantitative estimate of drug-likeness (QED) is 0.621. The molecule has 1 heterocycles. The topological polar surface area (TPSA) is 12.9 Å². The van der Waals surface area contributed by atoms with Crippen molar-refractivity contribution >= 4 is 45.6 Å². The van der Waals surface area contributed by atoms with E-state index in [1.165, 1.54) is 0 Å². The van der Waals surface area contributed by atoms with Gasteiger partial charge in [-0.2, -0.15) is 0 Å². The molecule has 1 aromatic carbocycles. The third-order valence-electron chi connectivity index (χ3n) is 1.78. The van der Waals surface area contributed by atoms with Gasteiger partial charge in [-0.25, -0.2) is 0 Å². The molecule has 0 saturated carbocycles. The lowest BCUT2D eigenvalue weighted by Gasteiger charge is -2.03. The Hall–Kier alpha value is -0.500. The van der Waals surface area contributed by atoms with E-state index < -0.39 is 0 Å². The summed E-state index contributed by atoms with van der Waals surface area (Å²) in [5.74, 6) is 0. The van der Waals surface area contributed by atoms with Crippen LogP contribution in [0.4, 0.5) is 0 Å². The number of hydrogen-bond acceptors (Lipinski definition) is 1. The van der Waals surface area contributed by atoms with Crippen molar-refractivity contribution in [2.75, 3.05) is 0 Å². The van der Waals surface area contributed by atoms with Crippen LogP contribution in [0.3, 0.4) is 0 Å². The van der Waals surface area contributed by atoms with E-state index in [2.05, 4.69) is 4.98 Å². The van der Waals surface area contributed by atoms with Gasteiger partial charge in [0.05, 0.1) is 15.1 Å². The molecule has 13 heavy (non-hydrogen) atoms. The number of benzene rings is 1. The van der Waals surface area contributed by atoms with Crippen LogP contribution < -0.4 is 0 Å². The second-order valence-electron chi connectivity index (χ2n) is 2.58. The van der Waals surface area contributed by atoms with Crippen LogP contribution in [0.1, 0.15) is 0 Å². The van der Waals surface area contributed by atoms with E-state index in [0.29, 0.717) is 15.1 Å². The van der Waals surface area contributed by atoms with E-state index in [1.54, 1.807) is 18.5 Å². The molecule has 0 fully saturated rings. The number of aromatic nitrogens is 1. The Balaban J connectivity index is 2.94. The van der Waals surface area contributed by atoms with Gasteiger partial charge in [-0.1, -0.05) is 34.8 Å². The van der Waals surface area contributed by atoms with Crippen molar-refractivity contribution in [3.8, 4) is 0 Å². The molecule has 0 aliphatic rings. The molecular formula is C9H4Cl3N. The van der Waals surface area contributed by atoms with Gasteiger partial charge in [0.2, 0.25) is 0 Å². The minimum Gasteiger partial charge on any atom is -0.264 e. The smallest absolute Gasteiger partial charge is 0.0785 e. The highest BCUT2D eigenvalue weighted by Gasteiger charge is 2.07. The summed E-state index contributed by atoms with van der Waals surface area (Å²) in [4.78, 5) is 3.96. The molecule has 0 aliphatic carbocycles. The third kappa shape index (κ3) is 1.48. The molecule has 0 unspecified atom stereocenters. The molecule has 0 bridgehead atoms. The molecule has 1 aromatic heterocycles. The summed E-state index contributed by atoms with van der Waals surface area (Å²) in [5, 5.41) is 3.06. The molecule has 0 amide bonds. The van der Waals surface area contributed by atoms with Crippen molar-refractivity contribution in [2.24, 2.45) is 0 Å². The summed E-state index contributed by atoms with van der Waals surface area (Å²) in [7, 11) is 0. The Morgan fingerprint density at radius 3 is 2.62 bits per heavy atom.